The lowest BCUT2D eigenvalue weighted by Gasteiger charge is -2.13. The molecule has 1 atom stereocenters. The first-order valence-electron chi connectivity index (χ1n) is 4.72. The molecular formula is C11H13BrO3. The molecule has 0 spiro atoms. The van der Waals surface area contributed by atoms with Gasteiger partial charge in [0.25, 0.3) is 0 Å². The number of esters is 1. The standard InChI is InChI=1S/C11H13BrO3/c1-3-14-11(13)8(2)15-10-6-4-9(12)5-7-10/h4-8H,3H2,1-2H3. The van der Waals surface area contributed by atoms with E-state index in [2.05, 4.69) is 15.9 Å². The third-order valence-corrected chi connectivity index (χ3v) is 2.27. The minimum absolute atomic E-state index is 0.347. The summed E-state index contributed by atoms with van der Waals surface area (Å²) < 4.78 is 11.2. The molecule has 0 aliphatic carbocycles. The summed E-state index contributed by atoms with van der Waals surface area (Å²) in [6.07, 6.45) is -0.578. The van der Waals surface area contributed by atoms with Crippen molar-refractivity contribution in [3.63, 3.8) is 0 Å². The molecule has 1 rings (SSSR count). The normalized spacial score (nSPS) is 11.9. The molecule has 0 saturated carbocycles. The number of hydrogen-bond donors (Lipinski definition) is 0. The topological polar surface area (TPSA) is 35.5 Å². The molecular weight excluding hydrogens is 260 g/mol. The highest BCUT2D eigenvalue weighted by molar-refractivity contribution is 9.10. The maximum atomic E-state index is 11.3. The maximum Gasteiger partial charge on any atom is 0.347 e. The van der Waals surface area contributed by atoms with Crippen LogP contribution in [0.3, 0.4) is 0 Å². The number of carbonyl (C=O) groups excluding carboxylic acids is 1. The van der Waals surface area contributed by atoms with E-state index in [0.29, 0.717) is 12.4 Å². The van der Waals surface area contributed by atoms with Crippen LogP contribution in [0.15, 0.2) is 28.7 Å². The number of benzene rings is 1. The van der Waals surface area contributed by atoms with Crippen LogP contribution in [-0.4, -0.2) is 18.7 Å². The van der Waals surface area contributed by atoms with Crippen LogP contribution in [0.25, 0.3) is 0 Å². The van der Waals surface area contributed by atoms with Gasteiger partial charge in [-0.15, -0.1) is 0 Å². The van der Waals surface area contributed by atoms with E-state index in [1.165, 1.54) is 0 Å². The fourth-order valence-corrected chi connectivity index (χ4v) is 1.29. The number of rotatable bonds is 4. The lowest BCUT2D eigenvalue weighted by atomic mass is 10.3. The average Bonchev–Trinajstić information content (AvgIpc) is 2.22. The first kappa shape index (κ1) is 12.0. The number of carbonyl (C=O) groups is 1. The lowest BCUT2D eigenvalue weighted by molar-refractivity contribution is -0.150. The summed E-state index contributed by atoms with van der Waals surface area (Å²) in [5, 5.41) is 0. The molecule has 3 nitrogen and oxygen atoms in total. The average molecular weight is 273 g/mol. The molecule has 0 aromatic heterocycles. The smallest absolute Gasteiger partial charge is 0.347 e. The van der Waals surface area contributed by atoms with E-state index in [1.807, 2.05) is 12.1 Å². The van der Waals surface area contributed by atoms with Gasteiger partial charge in [0.15, 0.2) is 6.10 Å². The molecule has 0 aliphatic heterocycles. The van der Waals surface area contributed by atoms with Crippen molar-refractivity contribution in [2.45, 2.75) is 20.0 Å². The summed E-state index contributed by atoms with van der Waals surface area (Å²) in [7, 11) is 0. The molecule has 0 aliphatic rings. The molecule has 82 valence electrons. The molecule has 0 bridgehead atoms. The van der Waals surface area contributed by atoms with Crippen molar-refractivity contribution >= 4 is 21.9 Å². The minimum Gasteiger partial charge on any atom is -0.479 e. The Labute approximate surface area is 97.5 Å². The van der Waals surface area contributed by atoms with Crippen LogP contribution >= 0.6 is 15.9 Å². The zero-order valence-electron chi connectivity index (χ0n) is 8.70. The Kier molecular flexibility index (Phi) is 4.62. The Hall–Kier alpha value is -1.03. The van der Waals surface area contributed by atoms with Crippen LogP contribution in [0.2, 0.25) is 0 Å². The summed E-state index contributed by atoms with van der Waals surface area (Å²) in [6.45, 7) is 3.80. The van der Waals surface area contributed by atoms with E-state index >= 15 is 0 Å². The molecule has 0 fully saturated rings. The molecule has 1 aromatic carbocycles. The van der Waals surface area contributed by atoms with Crippen molar-refractivity contribution in [2.24, 2.45) is 0 Å². The molecule has 0 radical (unpaired) electrons. The second-order valence-corrected chi connectivity index (χ2v) is 3.88. The first-order chi connectivity index (χ1) is 7.13. The summed E-state index contributed by atoms with van der Waals surface area (Å²) in [6, 6.07) is 7.29. The highest BCUT2D eigenvalue weighted by atomic mass is 79.9. The monoisotopic (exact) mass is 272 g/mol. The fraction of sp³-hybridized carbons (Fsp3) is 0.364. The Morgan fingerprint density at radius 2 is 2.00 bits per heavy atom. The van der Waals surface area contributed by atoms with Gasteiger partial charge in [-0.25, -0.2) is 4.79 Å². The second kappa shape index (κ2) is 5.75. The van der Waals surface area contributed by atoms with Crippen molar-refractivity contribution in [1.29, 1.82) is 0 Å². The van der Waals surface area contributed by atoms with Gasteiger partial charge in [0.2, 0.25) is 0 Å². The van der Waals surface area contributed by atoms with Gasteiger partial charge in [-0.1, -0.05) is 15.9 Å². The third-order valence-electron chi connectivity index (χ3n) is 1.75. The highest BCUT2D eigenvalue weighted by Crippen LogP contribution is 2.17. The zero-order chi connectivity index (χ0) is 11.3. The molecule has 0 amide bonds. The third kappa shape index (κ3) is 3.91. The van der Waals surface area contributed by atoms with Crippen LogP contribution in [0, 0.1) is 0 Å². The Bertz CT molecular complexity index is 321. The largest absolute Gasteiger partial charge is 0.479 e. The van der Waals surface area contributed by atoms with Crippen LogP contribution in [-0.2, 0) is 9.53 Å². The highest BCUT2D eigenvalue weighted by Gasteiger charge is 2.15. The van der Waals surface area contributed by atoms with Crippen molar-refractivity contribution in [3.8, 4) is 5.75 Å². The Morgan fingerprint density at radius 3 is 2.53 bits per heavy atom. The Morgan fingerprint density at radius 1 is 1.40 bits per heavy atom. The van der Waals surface area contributed by atoms with Crippen LogP contribution < -0.4 is 4.74 Å². The van der Waals surface area contributed by atoms with Crippen LogP contribution in [0.5, 0.6) is 5.75 Å². The Balaban J connectivity index is 2.54. The van der Waals surface area contributed by atoms with E-state index in [9.17, 15) is 4.79 Å². The van der Waals surface area contributed by atoms with Gasteiger partial charge in [0.05, 0.1) is 6.61 Å². The summed E-state index contributed by atoms with van der Waals surface area (Å²) in [4.78, 5) is 11.3. The van der Waals surface area contributed by atoms with Crippen LogP contribution in [0.1, 0.15) is 13.8 Å². The SMILES string of the molecule is CCOC(=O)C(C)Oc1ccc(Br)cc1. The van der Waals surface area contributed by atoms with E-state index in [4.69, 9.17) is 9.47 Å². The maximum absolute atomic E-state index is 11.3. The molecule has 0 N–H and O–H groups in total. The summed E-state index contributed by atoms with van der Waals surface area (Å²) >= 11 is 3.32. The summed E-state index contributed by atoms with van der Waals surface area (Å²) in [5.74, 6) is 0.305. The van der Waals surface area contributed by atoms with Crippen molar-refractivity contribution in [2.75, 3.05) is 6.61 Å². The predicted octanol–water partition coefficient (Wildman–Crippen LogP) is 2.78. The molecule has 0 heterocycles. The molecule has 0 saturated heterocycles. The van der Waals surface area contributed by atoms with E-state index in [-0.39, 0.29) is 5.97 Å². The van der Waals surface area contributed by atoms with Crippen molar-refractivity contribution in [1.82, 2.24) is 0 Å². The minimum atomic E-state index is -0.578. The van der Waals surface area contributed by atoms with Crippen molar-refractivity contribution < 1.29 is 14.3 Å². The number of hydrogen-bond acceptors (Lipinski definition) is 3. The molecule has 1 aromatic rings. The second-order valence-electron chi connectivity index (χ2n) is 2.97. The quantitative estimate of drug-likeness (QED) is 0.791. The summed E-state index contributed by atoms with van der Waals surface area (Å²) in [5.41, 5.74) is 0. The van der Waals surface area contributed by atoms with Crippen molar-refractivity contribution in [3.05, 3.63) is 28.7 Å². The number of ether oxygens (including phenoxy) is 2. The molecule has 15 heavy (non-hydrogen) atoms. The van der Waals surface area contributed by atoms with Gasteiger partial charge in [0, 0.05) is 4.47 Å². The van der Waals surface area contributed by atoms with Gasteiger partial charge in [-0.2, -0.15) is 0 Å². The van der Waals surface area contributed by atoms with Gasteiger partial charge in [0.1, 0.15) is 5.75 Å². The van der Waals surface area contributed by atoms with E-state index < -0.39 is 6.10 Å². The van der Waals surface area contributed by atoms with E-state index in [0.717, 1.165) is 4.47 Å². The fourth-order valence-electron chi connectivity index (χ4n) is 1.03. The van der Waals surface area contributed by atoms with Crippen LogP contribution in [0.4, 0.5) is 0 Å². The van der Waals surface area contributed by atoms with Gasteiger partial charge < -0.3 is 9.47 Å². The van der Waals surface area contributed by atoms with Gasteiger partial charge in [-0.05, 0) is 38.1 Å². The lowest BCUT2D eigenvalue weighted by Crippen LogP contribution is -2.25. The first-order valence-corrected chi connectivity index (χ1v) is 5.51. The van der Waals surface area contributed by atoms with E-state index in [1.54, 1.807) is 26.0 Å². The van der Waals surface area contributed by atoms with Gasteiger partial charge in [-0.3, -0.25) is 0 Å². The number of halogens is 1. The predicted molar refractivity (Wildman–Crippen MR) is 60.9 cm³/mol. The molecule has 4 heteroatoms. The molecule has 1 unspecified atom stereocenters. The zero-order valence-corrected chi connectivity index (χ0v) is 10.3. The van der Waals surface area contributed by atoms with Gasteiger partial charge >= 0.3 is 5.97 Å².